The van der Waals surface area contributed by atoms with Gasteiger partial charge in [-0.05, 0) is 24.7 Å². The lowest BCUT2D eigenvalue weighted by atomic mass is 9.98. The molecule has 1 aliphatic rings. The molecule has 4 heteroatoms. The van der Waals surface area contributed by atoms with E-state index in [-0.39, 0.29) is 0 Å². The molecule has 1 aromatic rings. The van der Waals surface area contributed by atoms with Crippen LogP contribution in [0, 0.1) is 11.8 Å². The van der Waals surface area contributed by atoms with Crippen molar-refractivity contribution in [3.8, 4) is 0 Å². The first-order chi connectivity index (χ1) is 8.79. The quantitative estimate of drug-likeness (QED) is 0.812. The molecule has 0 aromatic carbocycles. The van der Waals surface area contributed by atoms with Gasteiger partial charge in [-0.25, -0.2) is 4.98 Å². The SMILES string of the molecule is CCCNc1cncc(NCC2CCCC2C)n1. The zero-order valence-electron chi connectivity index (χ0n) is 11.4. The Balaban J connectivity index is 1.84. The van der Waals surface area contributed by atoms with Crippen molar-refractivity contribution in [1.29, 1.82) is 0 Å². The summed E-state index contributed by atoms with van der Waals surface area (Å²) in [7, 11) is 0. The Morgan fingerprint density at radius 1 is 1.22 bits per heavy atom. The Morgan fingerprint density at radius 2 is 2.00 bits per heavy atom. The van der Waals surface area contributed by atoms with E-state index in [0.717, 1.165) is 43.0 Å². The zero-order chi connectivity index (χ0) is 12.8. The van der Waals surface area contributed by atoms with E-state index in [9.17, 15) is 0 Å². The molecule has 0 saturated heterocycles. The van der Waals surface area contributed by atoms with Crippen LogP contribution in [0.4, 0.5) is 11.6 Å². The van der Waals surface area contributed by atoms with Crippen LogP contribution >= 0.6 is 0 Å². The third-order valence-electron chi connectivity index (χ3n) is 3.78. The van der Waals surface area contributed by atoms with Crippen LogP contribution in [0.25, 0.3) is 0 Å². The van der Waals surface area contributed by atoms with E-state index in [1.54, 1.807) is 12.4 Å². The molecule has 4 nitrogen and oxygen atoms in total. The van der Waals surface area contributed by atoms with Crippen molar-refractivity contribution in [3.63, 3.8) is 0 Å². The predicted octanol–water partition coefficient (Wildman–Crippen LogP) is 3.15. The molecule has 2 unspecified atom stereocenters. The van der Waals surface area contributed by atoms with Crippen LogP contribution in [0.1, 0.15) is 39.5 Å². The highest BCUT2D eigenvalue weighted by Crippen LogP contribution is 2.31. The molecule has 0 bridgehead atoms. The first kappa shape index (κ1) is 13.1. The van der Waals surface area contributed by atoms with Crippen molar-refractivity contribution in [3.05, 3.63) is 12.4 Å². The molecule has 0 aliphatic heterocycles. The molecule has 18 heavy (non-hydrogen) atoms. The largest absolute Gasteiger partial charge is 0.369 e. The van der Waals surface area contributed by atoms with Crippen LogP contribution in [-0.2, 0) is 0 Å². The van der Waals surface area contributed by atoms with Crippen molar-refractivity contribution in [2.24, 2.45) is 11.8 Å². The van der Waals surface area contributed by atoms with Crippen LogP contribution in [-0.4, -0.2) is 23.1 Å². The summed E-state index contributed by atoms with van der Waals surface area (Å²) in [5.41, 5.74) is 0. The van der Waals surface area contributed by atoms with E-state index >= 15 is 0 Å². The second-order valence-electron chi connectivity index (χ2n) is 5.27. The fourth-order valence-electron chi connectivity index (χ4n) is 2.55. The molecular weight excluding hydrogens is 224 g/mol. The zero-order valence-corrected chi connectivity index (χ0v) is 11.4. The maximum absolute atomic E-state index is 4.51. The molecular formula is C14H24N4. The van der Waals surface area contributed by atoms with E-state index in [0.29, 0.717) is 0 Å². The topological polar surface area (TPSA) is 49.8 Å². The van der Waals surface area contributed by atoms with E-state index in [2.05, 4.69) is 34.4 Å². The lowest BCUT2D eigenvalue weighted by molar-refractivity contribution is 0.439. The van der Waals surface area contributed by atoms with Crippen LogP contribution in [0.2, 0.25) is 0 Å². The van der Waals surface area contributed by atoms with Crippen LogP contribution in [0.3, 0.4) is 0 Å². The van der Waals surface area contributed by atoms with Gasteiger partial charge in [-0.2, -0.15) is 0 Å². The summed E-state index contributed by atoms with van der Waals surface area (Å²) in [6.45, 7) is 6.46. The summed E-state index contributed by atoms with van der Waals surface area (Å²) in [5, 5.41) is 6.68. The molecule has 1 aliphatic carbocycles. The number of hydrogen-bond donors (Lipinski definition) is 2. The Hall–Kier alpha value is -1.32. The molecule has 1 heterocycles. The van der Waals surface area contributed by atoms with Crippen molar-refractivity contribution >= 4 is 11.6 Å². The maximum atomic E-state index is 4.51. The van der Waals surface area contributed by atoms with Crippen molar-refractivity contribution in [1.82, 2.24) is 9.97 Å². The predicted molar refractivity (Wildman–Crippen MR) is 75.8 cm³/mol. The first-order valence-corrected chi connectivity index (χ1v) is 7.09. The molecule has 2 atom stereocenters. The van der Waals surface area contributed by atoms with E-state index in [1.165, 1.54) is 19.3 Å². The van der Waals surface area contributed by atoms with Gasteiger partial charge in [0.05, 0.1) is 12.4 Å². The highest BCUT2D eigenvalue weighted by atomic mass is 15.1. The summed E-state index contributed by atoms with van der Waals surface area (Å²) < 4.78 is 0. The average Bonchev–Trinajstić information content (AvgIpc) is 2.80. The molecule has 1 aromatic heterocycles. The molecule has 0 radical (unpaired) electrons. The summed E-state index contributed by atoms with van der Waals surface area (Å²) >= 11 is 0. The standard InChI is InChI=1S/C14H24N4/c1-3-7-16-13-9-15-10-14(18-13)17-8-12-6-4-5-11(12)2/h9-12H,3-8H2,1-2H3,(H2,16,17,18). The number of anilines is 2. The Labute approximate surface area is 110 Å². The minimum Gasteiger partial charge on any atom is -0.369 e. The Kier molecular flexibility index (Phi) is 4.79. The van der Waals surface area contributed by atoms with Crippen LogP contribution in [0.15, 0.2) is 12.4 Å². The molecule has 100 valence electrons. The number of aromatic nitrogens is 2. The molecule has 0 amide bonds. The van der Waals surface area contributed by atoms with Crippen LogP contribution in [0.5, 0.6) is 0 Å². The van der Waals surface area contributed by atoms with Gasteiger partial charge < -0.3 is 10.6 Å². The number of rotatable bonds is 6. The smallest absolute Gasteiger partial charge is 0.146 e. The average molecular weight is 248 g/mol. The number of nitrogens with zero attached hydrogens (tertiary/aromatic N) is 2. The minimum atomic E-state index is 0.791. The van der Waals surface area contributed by atoms with E-state index < -0.39 is 0 Å². The summed E-state index contributed by atoms with van der Waals surface area (Å²) in [6.07, 6.45) is 8.76. The Bertz CT molecular complexity index is 367. The normalized spacial score (nSPS) is 23.0. The van der Waals surface area contributed by atoms with Crippen LogP contribution < -0.4 is 10.6 Å². The maximum Gasteiger partial charge on any atom is 0.146 e. The van der Waals surface area contributed by atoms with Crippen molar-refractivity contribution in [2.45, 2.75) is 39.5 Å². The third-order valence-corrected chi connectivity index (χ3v) is 3.78. The fourth-order valence-corrected chi connectivity index (χ4v) is 2.55. The van der Waals surface area contributed by atoms with Gasteiger partial charge >= 0.3 is 0 Å². The molecule has 2 rings (SSSR count). The van der Waals surface area contributed by atoms with Crippen molar-refractivity contribution in [2.75, 3.05) is 23.7 Å². The number of nitrogens with one attached hydrogen (secondary N) is 2. The number of hydrogen-bond acceptors (Lipinski definition) is 4. The van der Waals surface area contributed by atoms with Gasteiger partial charge in [0.2, 0.25) is 0 Å². The van der Waals surface area contributed by atoms with Crippen molar-refractivity contribution < 1.29 is 0 Å². The van der Waals surface area contributed by atoms with Gasteiger partial charge in [-0.1, -0.05) is 26.7 Å². The lowest BCUT2D eigenvalue weighted by Crippen LogP contribution is -2.17. The van der Waals surface area contributed by atoms with E-state index in [4.69, 9.17) is 0 Å². The van der Waals surface area contributed by atoms with Gasteiger partial charge in [0.1, 0.15) is 11.6 Å². The summed E-state index contributed by atoms with van der Waals surface area (Å²) in [4.78, 5) is 8.73. The summed E-state index contributed by atoms with van der Waals surface area (Å²) in [6, 6.07) is 0. The Morgan fingerprint density at radius 3 is 2.67 bits per heavy atom. The molecule has 1 saturated carbocycles. The third kappa shape index (κ3) is 3.59. The van der Waals surface area contributed by atoms with Gasteiger partial charge in [0.25, 0.3) is 0 Å². The molecule has 2 N–H and O–H groups in total. The first-order valence-electron chi connectivity index (χ1n) is 7.09. The van der Waals surface area contributed by atoms with Gasteiger partial charge in [0, 0.05) is 13.1 Å². The second-order valence-corrected chi connectivity index (χ2v) is 5.27. The monoisotopic (exact) mass is 248 g/mol. The van der Waals surface area contributed by atoms with E-state index in [1.807, 2.05) is 0 Å². The minimum absolute atomic E-state index is 0.791. The fraction of sp³-hybridized carbons (Fsp3) is 0.714. The van der Waals surface area contributed by atoms with Gasteiger partial charge in [0.15, 0.2) is 0 Å². The highest BCUT2D eigenvalue weighted by Gasteiger charge is 2.22. The second kappa shape index (κ2) is 6.57. The van der Waals surface area contributed by atoms with Gasteiger partial charge in [-0.3, -0.25) is 4.98 Å². The highest BCUT2D eigenvalue weighted by molar-refractivity contribution is 5.41. The summed E-state index contributed by atoms with van der Waals surface area (Å²) in [5.74, 6) is 3.38. The molecule has 1 fully saturated rings. The van der Waals surface area contributed by atoms with Gasteiger partial charge in [-0.15, -0.1) is 0 Å². The molecule has 0 spiro atoms. The lowest BCUT2D eigenvalue weighted by Gasteiger charge is -2.16.